The third kappa shape index (κ3) is 5.26. The molecular formula is C21H22F6N2O4S. The van der Waals surface area contributed by atoms with Crippen LogP contribution in [0.4, 0.5) is 32.0 Å². The largest absolute Gasteiger partial charge is 0.573 e. The summed E-state index contributed by atoms with van der Waals surface area (Å²) in [5.41, 5.74) is -3.51. The number of rotatable bonds is 5. The number of anilines is 1. The van der Waals surface area contributed by atoms with Gasteiger partial charge in [0.1, 0.15) is 0 Å². The van der Waals surface area contributed by atoms with Gasteiger partial charge in [0.15, 0.2) is 11.4 Å². The minimum Gasteiger partial charge on any atom is -0.404 e. The van der Waals surface area contributed by atoms with Crippen molar-refractivity contribution in [3.63, 3.8) is 0 Å². The van der Waals surface area contributed by atoms with Gasteiger partial charge in [-0.15, -0.1) is 13.2 Å². The fourth-order valence-electron chi connectivity index (χ4n) is 3.70. The zero-order valence-corrected chi connectivity index (χ0v) is 18.9. The molecule has 188 valence electrons. The Morgan fingerprint density at radius 2 is 1.56 bits per heavy atom. The predicted molar refractivity (Wildman–Crippen MR) is 111 cm³/mol. The molecular weight excluding hydrogens is 490 g/mol. The highest BCUT2D eigenvalue weighted by molar-refractivity contribution is 7.89. The van der Waals surface area contributed by atoms with Crippen LogP contribution in [0.15, 0.2) is 53.4 Å². The molecule has 3 rings (SSSR count). The molecule has 1 aliphatic heterocycles. The molecule has 2 atom stereocenters. The number of aliphatic hydroxyl groups is 1. The topological polar surface area (TPSA) is 70.1 Å². The lowest BCUT2D eigenvalue weighted by Gasteiger charge is -2.40. The van der Waals surface area contributed by atoms with E-state index < -0.39 is 45.5 Å². The van der Waals surface area contributed by atoms with Crippen molar-refractivity contribution in [3.8, 4) is 5.75 Å². The van der Waals surface area contributed by atoms with E-state index in [9.17, 15) is 39.9 Å². The minimum absolute atomic E-state index is 0.0539. The van der Waals surface area contributed by atoms with Crippen molar-refractivity contribution in [2.24, 2.45) is 0 Å². The number of para-hydroxylation sites is 2. The van der Waals surface area contributed by atoms with Gasteiger partial charge in [0, 0.05) is 25.7 Å². The van der Waals surface area contributed by atoms with Crippen LogP contribution in [-0.4, -0.2) is 56.0 Å². The van der Waals surface area contributed by atoms with Crippen LogP contribution in [0.5, 0.6) is 5.75 Å². The highest BCUT2D eigenvalue weighted by atomic mass is 32.2. The van der Waals surface area contributed by atoms with E-state index in [-0.39, 0.29) is 30.2 Å². The number of ether oxygens (including phenoxy) is 1. The first kappa shape index (κ1) is 26.1. The van der Waals surface area contributed by atoms with Crippen LogP contribution in [0.25, 0.3) is 0 Å². The average Bonchev–Trinajstić information content (AvgIpc) is 2.72. The molecule has 1 unspecified atom stereocenters. The summed E-state index contributed by atoms with van der Waals surface area (Å²) >= 11 is 0. The zero-order chi connectivity index (χ0) is 25.5. The fraction of sp³-hybridized carbons (Fsp3) is 0.429. The highest BCUT2D eigenvalue weighted by Gasteiger charge is 2.51. The van der Waals surface area contributed by atoms with Gasteiger partial charge in [-0.05, 0) is 43.7 Å². The van der Waals surface area contributed by atoms with E-state index in [1.165, 1.54) is 18.2 Å². The number of hydrogen-bond acceptors (Lipinski definition) is 5. The summed E-state index contributed by atoms with van der Waals surface area (Å²) in [7, 11) is -4.12. The minimum atomic E-state index is -4.95. The Morgan fingerprint density at radius 1 is 0.971 bits per heavy atom. The molecule has 1 fully saturated rings. The molecule has 2 aromatic carbocycles. The van der Waals surface area contributed by atoms with Crippen molar-refractivity contribution >= 4 is 15.7 Å². The summed E-state index contributed by atoms with van der Waals surface area (Å²) in [6.45, 7) is 2.17. The molecule has 13 heteroatoms. The van der Waals surface area contributed by atoms with E-state index in [2.05, 4.69) is 4.74 Å². The van der Waals surface area contributed by atoms with Gasteiger partial charge in [0.25, 0.3) is 0 Å². The summed E-state index contributed by atoms with van der Waals surface area (Å²) < 4.78 is 109. The second-order valence-corrected chi connectivity index (χ2v) is 9.91. The van der Waals surface area contributed by atoms with Crippen molar-refractivity contribution in [3.05, 3.63) is 54.1 Å². The molecule has 1 aliphatic rings. The third-order valence-electron chi connectivity index (χ3n) is 5.57. The summed E-state index contributed by atoms with van der Waals surface area (Å²) in [4.78, 5) is 1.30. The van der Waals surface area contributed by atoms with Gasteiger partial charge in [-0.25, -0.2) is 8.42 Å². The van der Waals surface area contributed by atoms with Crippen LogP contribution in [0, 0.1) is 0 Å². The summed E-state index contributed by atoms with van der Waals surface area (Å²) in [5, 5.41) is 9.77. The molecule has 0 amide bonds. The van der Waals surface area contributed by atoms with E-state index in [1.54, 1.807) is 11.8 Å². The number of sulfonamides is 1. The van der Waals surface area contributed by atoms with Crippen molar-refractivity contribution in [1.29, 1.82) is 0 Å². The van der Waals surface area contributed by atoms with Crippen molar-refractivity contribution < 1.29 is 44.6 Å². The van der Waals surface area contributed by atoms with Crippen molar-refractivity contribution in [1.82, 2.24) is 4.31 Å². The van der Waals surface area contributed by atoms with Crippen LogP contribution in [0.2, 0.25) is 0 Å². The number of alkyl halides is 6. The molecule has 0 spiro atoms. The number of benzene rings is 2. The standard InChI is InChI=1S/C21H22F6N2O4S/c1-14-13-28(17-5-3-4-6-18(17)33-21(25,26)27)11-12-29(14)34(31,32)16-9-7-15(8-10-16)19(2,30)20(22,23)24/h3-10,14,30H,11-13H2,1-2H3/t14-,19?/m1/s1. The van der Waals surface area contributed by atoms with Crippen LogP contribution in [0.3, 0.4) is 0 Å². The van der Waals surface area contributed by atoms with E-state index in [0.717, 1.165) is 34.6 Å². The lowest BCUT2D eigenvalue weighted by Crippen LogP contribution is -2.54. The maximum absolute atomic E-state index is 13.1. The van der Waals surface area contributed by atoms with E-state index in [4.69, 9.17) is 0 Å². The van der Waals surface area contributed by atoms with E-state index in [0.29, 0.717) is 6.92 Å². The first-order valence-electron chi connectivity index (χ1n) is 10.1. The first-order valence-corrected chi connectivity index (χ1v) is 11.5. The first-order chi connectivity index (χ1) is 15.5. The van der Waals surface area contributed by atoms with Crippen molar-refractivity contribution in [2.75, 3.05) is 24.5 Å². The number of nitrogens with zero attached hydrogens (tertiary/aromatic N) is 2. The summed E-state index contributed by atoms with van der Waals surface area (Å²) in [6.07, 6.45) is -9.85. The van der Waals surface area contributed by atoms with Crippen molar-refractivity contribution in [2.45, 2.75) is 42.9 Å². The molecule has 0 aliphatic carbocycles. The summed E-state index contributed by atoms with van der Waals surface area (Å²) in [5.74, 6) is -0.411. The van der Waals surface area contributed by atoms with E-state index >= 15 is 0 Å². The molecule has 0 saturated carbocycles. The molecule has 0 aromatic heterocycles. The Balaban J connectivity index is 1.80. The Morgan fingerprint density at radius 3 is 2.09 bits per heavy atom. The number of halogens is 6. The highest BCUT2D eigenvalue weighted by Crippen LogP contribution is 2.39. The van der Waals surface area contributed by atoms with Gasteiger partial charge in [0.05, 0.1) is 10.6 Å². The van der Waals surface area contributed by atoms with Gasteiger partial charge in [-0.3, -0.25) is 0 Å². The molecule has 6 nitrogen and oxygen atoms in total. The van der Waals surface area contributed by atoms with Crippen LogP contribution >= 0.6 is 0 Å². The Hall–Kier alpha value is -2.51. The maximum atomic E-state index is 13.1. The third-order valence-corrected chi connectivity index (χ3v) is 7.60. The van der Waals surface area contributed by atoms with Gasteiger partial charge < -0.3 is 14.7 Å². The average molecular weight is 512 g/mol. The maximum Gasteiger partial charge on any atom is 0.573 e. The SMILES string of the molecule is C[C@@H]1CN(c2ccccc2OC(F)(F)F)CCN1S(=O)(=O)c1ccc(C(C)(O)C(F)(F)F)cc1. The predicted octanol–water partition coefficient (Wildman–Crippen LogP) is 4.25. The Labute approximate surface area is 192 Å². The van der Waals surface area contributed by atoms with Crippen LogP contribution in [-0.2, 0) is 15.6 Å². The monoisotopic (exact) mass is 512 g/mol. The zero-order valence-electron chi connectivity index (χ0n) is 18.1. The van der Waals surface area contributed by atoms with E-state index in [1.807, 2.05) is 0 Å². The van der Waals surface area contributed by atoms with Crippen LogP contribution < -0.4 is 9.64 Å². The smallest absolute Gasteiger partial charge is 0.404 e. The second kappa shape index (κ2) is 8.93. The number of hydrogen-bond donors (Lipinski definition) is 1. The molecule has 0 bridgehead atoms. The summed E-state index contributed by atoms with van der Waals surface area (Å²) in [6, 6.07) is 8.59. The Kier molecular flexibility index (Phi) is 6.86. The molecule has 2 aromatic rings. The molecule has 1 heterocycles. The van der Waals surface area contributed by atoms with Gasteiger partial charge in [-0.2, -0.15) is 17.5 Å². The molecule has 34 heavy (non-hydrogen) atoms. The Bertz CT molecular complexity index is 1120. The molecule has 0 radical (unpaired) electrons. The lowest BCUT2D eigenvalue weighted by molar-refractivity contribution is -0.274. The fourth-order valence-corrected chi connectivity index (χ4v) is 5.31. The normalized spacial score (nSPS) is 20.1. The molecule has 1 saturated heterocycles. The number of piperazine rings is 1. The second-order valence-electron chi connectivity index (χ2n) is 8.02. The van der Waals surface area contributed by atoms with Gasteiger partial charge in [0.2, 0.25) is 10.0 Å². The van der Waals surface area contributed by atoms with Gasteiger partial charge in [-0.1, -0.05) is 24.3 Å². The lowest BCUT2D eigenvalue weighted by atomic mass is 9.96. The van der Waals surface area contributed by atoms with Crippen LogP contribution in [0.1, 0.15) is 19.4 Å². The quantitative estimate of drug-likeness (QED) is 0.607. The molecule has 1 N–H and O–H groups in total. The van der Waals surface area contributed by atoms with Gasteiger partial charge >= 0.3 is 12.5 Å².